The van der Waals surface area contributed by atoms with Crippen LogP contribution in [0.5, 0.6) is 11.5 Å². The van der Waals surface area contributed by atoms with Gasteiger partial charge in [0.25, 0.3) is 0 Å². The van der Waals surface area contributed by atoms with Crippen LogP contribution in [0.3, 0.4) is 0 Å². The van der Waals surface area contributed by atoms with Gasteiger partial charge in [0.05, 0.1) is 33.5 Å². The second-order valence-electron chi connectivity index (χ2n) is 9.53. The third-order valence-corrected chi connectivity index (χ3v) is 7.28. The van der Waals surface area contributed by atoms with Crippen molar-refractivity contribution >= 4 is 29.8 Å². The molecule has 1 amide bonds. The maximum Gasteiger partial charge on any atom is 0.346 e. The van der Waals surface area contributed by atoms with Crippen molar-refractivity contribution in [1.82, 2.24) is 19.7 Å². The van der Waals surface area contributed by atoms with Crippen LogP contribution in [0.25, 0.3) is 0 Å². The molecule has 0 saturated carbocycles. The van der Waals surface area contributed by atoms with E-state index in [1.165, 1.54) is 11.0 Å². The second kappa shape index (κ2) is 12.2. The zero-order valence-electron chi connectivity index (χ0n) is 22.6. The van der Waals surface area contributed by atoms with Gasteiger partial charge in [0.15, 0.2) is 0 Å². The number of carbonyl (C=O) groups is 1. The van der Waals surface area contributed by atoms with E-state index in [9.17, 15) is 4.79 Å². The van der Waals surface area contributed by atoms with E-state index >= 15 is 0 Å². The Kier molecular flexibility index (Phi) is 8.53. The summed E-state index contributed by atoms with van der Waals surface area (Å²) in [4.78, 5) is 18.9. The minimum Gasteiger partial charge on any atom is -0.497 e. The Bertz CT molecular complexity index is 1370. The quantitative estimate of drug-likeness (QED) is 0.224. The largest absolute Gasteiger partial charge is 0.497 e. The SMILES string of the molecule is B[C@H]1CN(C(=O)n2cnc(Br)n2)C[C@@H](COC(c2ccccc2)(c2ccc(OC)cc2)c2ccc(OC)cc2)O1. The molecular weight excluding hydrogens is 575 g/mol. The Balaban J connectivity index is 1.51. The molecule has 9 nitrogen and oxygen atoms in total. The third kappa shape index (κ3) is 5.77. The molecule has 2 heterocycles. The summed E-state index contributed by atoms with van der Waals surface area (Å²) < 4.78 is 25.7. The van der Waals surface area contributed by atoms with Crippen LogP contribution in [-0.2, 0) is 15.1 Å². The van der Waals surface area contributed by atoms with E-state index in [-0.39, 0.29) is 24.7 Å². The van der Waals surface area contributed by atoms with E-state index in [2.05, 4.69) is 38.1 Å². The number of benzene rings is 3. The van der Waals surface area contributed by atoms with Crippen LogP contribution in [0.1, 0.15) is 16.7 Å². The third-order valence-electron chi connectivity index (χ3n) is 6.92. The number of carbonyl (C=O) groups excluding carboxylic acids is 1. The molecule has 0 aliphatic carbocycles. The van der Waals surface area contributed by atoms with Gasteiger partial charge in [0.2, 0.25) is 4.73 Å². The van der Waals surface area contributed by atoms with Crippen LogP contribution in [-0.4, -0.2) is 79.6 Å². The number of halogens is 1. The van der Waals surface area contributed by atoms with Gasteiger partial charge in [-0.1, -0.05) is 54.6 Å². The molecule has 5 rings (SSSR count). The fourth-order valence-corrected chi connectivity index (χ4v) is 5.33. The molecule has 0 unspecified atom stereocenters. The Morgan fingerprint density at radius 1 is 0.950 bits per heavy atom. The van der Waals surface area contributed by atoms with Gasteiger partial charge in [-0.25, -0.2) is 9.78 Å². The van der Waals surface area contributed by atoms with Crippen LogP contribution < -0.4 is 9.47 Å². The van der Waals surface area contributed by atoms with E-state index in [4.69, 9.17) is 18.9 Å². The first kappa shape index (κ1) is 27.9. The lowest BCUT2D eigenvalue weighted by molar-refractivity contribution is -0.102. The van der Waals surface area contributed by atoms with Crippen molar-refractivity contribution < 1.29 is 23.7 Å². The summed E-state index contributed by atoms with van der Waals surface area (Å²) in [6, 6.07) is 25.4. The maximum absolute atomic E-state index is 13.1. The minimum absolute atomic E-state index is 0.189. The molecule has 4 aromatic rings. The van der Waals surface area contributed by atoms with E-state index in [1.807, 2.05) is 74.6 Å². The predicted molar refractivity (Wildman–Crippen MR) is 156 cm³/mol. The summed E-state index contributed by atoms with van der Waals surface area (Å²) in [7, 11) is 5.24. The van der Waals surface area contributed by atoms with Gasteiger partial charge < -0.3 is 23.8 Å². The lowest BCUT2D eigenvalue weighted by Crippen LogP contribution is -2.53. The summed E-state index contributed by atoms with van der Waals surface area (Å²) in [5.74, 6) is 1.50. The topological polar surface area (TPSA) is 87.9 Å². The molecule has 1 saturated heterocycles. The van der Waals surface area contributed by atoms with Crippen molar-refractivity contribution in [3.05, 3.63) is 107 Å². The summed E-state index contributed by atoms with van der Waals surface area (Å²) in [5.41, 5.74) is 1.83. The van der Waals surface area contributed by atoms with Crippen LogP contribution in [0.4, 0.5) is 4.79 Å². The van der Waals surface area contributed by atoms with Gasteiger partial charge in [-0.3, -0.25) is 0 Å². The highest BCUT2D eigenvalue weighted by atomic mass is 79.9. The van der Waals surface area contributed by atoms with E-state index < -0.39 is 5.60 Å². The number of aromatic nitrogens is 3. The molecule has 0 bridgehead atoms. The van der Waals surface area contributed by atoms with Gasteiger partial charge >= 0.3 is 6.03 Å². The van der Waals surface area contributed by atoms with Crippen LogP contribution in [0, 0.1) is 0 Å². The molecule has 40 heavy (non-hydrogen) atoms. The standard InChI is InChI=1S/C29H30BBrN4O5/c1-37-23-12-8-21(9-13-23)29(20-6-4-3-5-7-20,22-10-14-24(38-2)15-11-22)39-18-25-16-34(17-26(30)40-25)28(36)35-19-32-27(31)33-35/h3-15,19,25-26H,16-18,30H2,1-2H3/t25-,26+/m0/s1. The van der Waals surface area contributed by atoms with Gasteiger partial charge in [0.1, 0.15) is 31.3 Å². The minimum atomic E-state index is -0.977. The summed E-state index contributed by atoms with van der Waals surface area (Å²) in [5, 5.41) is 4.11. The molecule has 1 aromatic heterocycles. The molecule has 3 aromatic carbocycles. The first-order valence-electron chi connectivity index (χ1n) is 12.9. The Morgan fingerprint density at radius 3 is 2.05 bits per heavy atom. The van der Waals surface area contributed by atoms with Crippen LogP contribution in [0.2, 0.25) is 0 Å². The molecule has 2 atom stereocenters. The van der Waals surface area contributed by atoms with Crippen LogP contribution >= 0.6 is 15.9 Å². The summed E-state index contributed by atoms with van der Waals surface area (Å²) in [6.07, 6.45) is 1.02. The predicted octanol–water partition coefficient (Wildman–Crippen LogP) is 3.69. The molecule has 0 radical (unpaired) electrons. The van der Waals surface area contributed by atoms with Crippen molar-refractivity contribution in [2.75, 3.05) is 33.9 Å². The van der Waals surface area contributed by atoms with Gasteiger partial charge in [-0.05, 0) is 56.9 Å². The lowest BCUT2D eigenvalue weighted by Gasteiger charge is -2.40. The number of nitrogens with zero attached hydrogens (tertiary/aromatic N) is 4. The zero-order valence-corrected chi connectivity index (χ0v) is 24.2. The molecule has 1 aliphatic heterocycles. The van der Waals surface area contributed by atoms with Crippen molar-refractivity contribution in [3.8, 4) is 11.5 Å². The Morgan fingerprint density at radius 2 is 1.52 bits per heavy atom. The molecule has 1 fully saturated rings. The fourth-order valence-electron chi connectivity index (χ4n) is 5.07. The maximum atomic E-state index is 13.1. The first-order chi connectivity index (χ1) is 19.4. The van der Waals surface area contributed by atoms with Crippen molar-refractivity contribution in [3.63, 3.8) is 0 Å². The number of methoxy groups -OCH3 is 2. The molecule has 11 heteroatoms. The molecule has 1 aliphatic rings. The number of hydrogen-bond acceptors (Lipinski definition) is 7. The average Bonchev–Trinajstić information content (AvgIpc) is 3.44. The van der Waals surface area contributed by atoms with Crippen molar-refractivity contribution in [1.29, 1.82) is 0 Å². The lowest BCUT2D eigenvalue weighted by atomic mass is 9.80. The van der Waals surface area contributed by atoms with E-state index in [0.717, 1.165) is 28.2 Å². The van der Waals surface area contributed by atoms with E-state index in [1.54, 1.807) is 19.1 Å². The summed E-state index contributed by atoms with van der Waals surface area (Å²) >= 11 is 3.21. The highest BCUT2D eigenvalue weighted by Gasteiger charge is 2.40. The smallest absolute Gasteiger partial charge is 0.346 e. The number of amides is 1. The Labute approximate surface area is 242 Å². The first-order valence-corrected chi connectivity index (χ1v) is 13.7. The molecule has 0 spiro atoms. The molecular formula is C29H30BBrN4O5. The van der Waals surface area contributed by atoms with Gasteiger partial charge in [-0.2, -0.15) is 4.68 Å². The zero-order chi connectivity index (χ0) is 28.1. The highest BCUT2D eigenvalue weighted by molar-refractivity contribution is 9.10. The number of ether oxygens (including phenoxy) is 4. The molecule has 206 valence electrons. The van der Waals surface area contributed by atoms with Crippen molar-refractivity contribution in [2.24, 2.45) is 0 Å². The Hall–Kier alpha value is -3.67. The number of morpholine rings is 1. The van der Waals surface area contributed by atoms with Gasteiger partial charge in [-0.15, -0.1) is 5.10 Å². The monoisotopic (exact) mass is 604 g/mol. The number of hydrogen-bond donors (Lipinski definition) is 0. The van der Waals surface area contributed by atoms with Crippen LogP contribution in [0.15, 0.2) is 89.9 Å². The normalized spacial score (nSPS) is 17.4. The number of rotatable bonds is 8. The highest BCUT2D eigenvalue weighted by Crippen LogP contribution is 2.42. The second-order valence-corrected chi connectivity index (χ2v) is 10.2. The average molecular weight is 605 g/mol. The van der Waals surface area contributed by atoms with Crippen molar-refractivity contribution in [2.45, 2.75) is 17.7 Å². The van der Waals surface area contributed by atoms with Gasteiger partial charge in [0, 0.05) is 12.5 Å². The van der Waals surface area contributed by atoms with E-state index in [0.29, 0.717) is 17.8 Å². The molecule has 0 N–H and O–H groups in total. The summed E-state index contributed by atoms with van der Waals surface area (Å²) in [6.45, 7) is 1.01. The fraction of sp³-hybridized carbons (Fsp3) is 0.276.